The highest BCUT2D eigenvalue weighted by Gasteiger charge is 2.09. The third-order valence-electron chi connectivity index (χ3n) is 1.81. The summed E-state index contributed by atoms with van der Waals surface area (Å²) in [6, 6.07) is 4.98. The van der Waals surface area contributed by atoms with Gasteiger partial charge in [-0.3, -0.25) is 9.48 Å². The van der Waals surface area contributed by atoms with Crippen molar-refractivity contribution >= 4 is 11.7 Å². The van der Waals surface area contributed by atoms with Crippen LogP contribution in [-0.4, -0.2) is 15.7 Å². The van der Waals surface area contributed by atoms with Crippen molar-refractivity contribution in [3.8, 4) is 0 Å². The Bertz CT molecular complexity index is 431. The van der Waals surface area contributed by atoms with Gasteiger partial charge in [-0.2, -0.15) is 5.10 Å². The highest BCUT2D eigenvalue weighted by Crippen LogP contribution is 2.07. The number of carbonyl (C=O) groups excluding carboxylic acids is 1. The van der Waals surface area contributed by atoms with Crippen LogP contribution >= 0.6 is 0 Å². The van der Waals surface area contributed by atoms with Crippen LogP contribution in [0.4, 0.5) is 5.82 Å². The van der Waals surface area contributed by atoms with Gasteiger partial charge in [0.2, 0.25) is 0 Å². The molecule has 0 saturated carbocycles. The molecule has 0 aromatic carbocycles. The predicted molar refractivity (Wildman–Crippen MR) is 49.9 cm³/mol. The molecule has 0 saturated heterocycles. The third kappa shape index (κ3) is 1.52. The summed E-state index contributed by atoms with van der Waals surface area (Å²) in [5, 5.41) is 6.58. The van der Waals surface area contributed by atoms with Crippen molar-refractivity contribution in [3.63, 3.8) is 0 Å². The van der Waals surface area contributed by atoms with E-state index in [1.165, 1.54) is 6.26 Å². The number of carbonyl (C=O) groups is 1. The quantitative estimate of drug-likeness (QED) is 0.777. The van der Waals surface area contributed by atoms with Crippen LogP contribution in [-0.2, 0) is 7.05 Å². The van der Waals surface area contributed by atoms with Crippen LogP contribution in [0.1, 0.15) is 10.6 Å². The zero-order valence-electron chi connectivity index (χ0n) is 7.60. The van der Waals surface area contributed by atoms with Crippen LogP contribution in [0.25, 0.3) is 0 Å². The van der Waals surface area contributed by atoms with Gasteiger partial charge in [0.1, 0.15) is 5.82 Å². The summed E-state index contributed by atoms with van der Waals surface area (Å²) in [6.45, 7) is 0. The molecule has 0 aliphatic heterocycles. The highest BCUT2D eigenvalue weighted by molar-refractivity contribution is 6.01. The minimum atomic E-state index is -0.279. The van der Waals surface area contributed by atoms with Gasteiger partial charge < -0.3 is 9.73 Å². The van der Waals surface area contributed by atoms with Gasteiger partial charge in [-0.25, -0.2) is 0 Å². The lowest BCUT2D eigenvalue weighted by molar-refractivity contribution is 0.0996. The number of anilines is 1. The molecule has 5 heteroatoms. The Kier molecular flexibility index (Phi) is 2.06. The summed E-state index contributed by atoms with van der Waals surface area (Å²) in [4.78, 5) is 11.5. The number of nitrogens with zero attached hydrogens (tertiary/aromatic N) is 2. The van der Waals surface area contributed by atoms with E-state index in [2.05, 4.69) is 10.4 Å². The molecule has 0 bridgehead atoms. The Morgan fingerprint density at radius 3 is 3.00 bits per heavy atom. The van der Waals surface area contributed by atoms with Crippen molar-refractivity contribution in [1.29, 1.82) is 0 Å². The van der Waals surface area contributed by atoms with Gasteiger partial charge in [0.15, 0.2) is 5.76 Å². The molecule has 14 heavy (non-hydrogen) atoms. The number of amides is 1. The molecule has 2 heterocycles. The molecule has 2 aromatic heterocycles. The van der Waals surface area contributed by atoms with Crippen LogP contribution in [0.5, 0.6) is 0 Å². The van der Waals surface area contributed by atoms with E-state index in [0.29, 0.717) is 5.82 Å². The smallest absolute Gasteiger partial charge is 0.292 e. The molecule has 0 spiro atoms. The number of hydrogen-bond donors (Lipinski definition) is 1. The van der Waals surface area contributed by atoms with Crippen molar-refractivity contribution in [1.82, 2.24) is 9.78 Å². The summed E-state index contributed by atoms with van der Waals surface area (Å²) < 4.78 is 6.51. The van der Waals surface area contributed by atoms with Crippen LogP contribution in [0.15, 0.2) is 35.1 Å². The minimum absolute atomic E-state index is 0.279. The van der Waals surface area contributed by atoms with Gasteiger partial charge in [-0.15, -0.1) is 0 Å². The predicted octanol–water partition coefficient (Wildman–Crippen LogP) is 1.27. The lowest BCUT2D eigenvalue weighted by atomic mass is 10.4. The number of rotatable bonds is 2. The fraction of sp³-hybridized carbons (Fsp3) is 0.111. The van der Waals surface area contributed by atoms with E-state index in [4.69, 9.17) is 4.42 Å². The van der Waals surface area contributed by atoms with Crippen LogP contribution in [0, 0.1) is 0 Å². The molecule has 72 valence electrons. The first kappa shape index (κ1) is 8.55. The lowest BCUT2D eigenvalue weighted by Crippen LogP contribution is -2.13. The summed E-state index contributed by atoms with van der Waals surface area (Å²) >= 11 is 0. The highest BCUT2D eigenvalue weighted by atomic mass is 16.3. The topological polar surface area (TPSA) is 60.1 Å². The number of aryl methyl sites for hydroxylation is 1. The maximum absolute atomic E-state index is 11.5. The van der Waals surface area contributed by atoms with E-state index in [1.54, 1.807) is 36.1 Å². The van der Waals surface area contributed by atoms with Crippen LogP contribution < -0.4 is 5.32 Å². The number of furan rings is 1. The fourth-order valence-corrected chi connectivity index (χ4v) is 1.08. The third-order valence-corrected chi connectivity index (χ3v) is 1.81. The molecule has 1 N–H and O–H groups in total. The van der Waals surface area contributed by atoms with Gasteiger partial charge in [0.05, 0.1) is 12.5 Å². The van der Waals surface area contributed by atoms with Crippen molar-refractivity contribution in [2.24, 2.45) is 7.05 Å². The lowest BCUT2D eigenvalue weighted by Gasteiger charge is -2.01. The van der Waals surface area contributed by atoms with Crippen molar-refractivity contribution in [2.45, 2.75) is 0 Å². The fourth-order valence-electron chi connectivity index (χ4n) is 1.08. The van der Waals surface area contributed by atoms with E-state index >= 15 is 0 Å². The molecule has 0 aliphatic carbocycles. The van der Waals surface area contributed by atoms with Crippen molar-refractivity contribution < 1.29 is 9.21 Å². The van der Waals surface area contributed by atoms with Gasteiger partial charge in [-0.05, 0) is 12.1 Å². The first-order valence-corrected chi connectivity index (χ1v) is 4.10. The van der Waals surface area contributed by atoms with E-state index in [0.717, 1.165) is 0 Å². The molecule has 5 nitrogen and oxygen atoms in total. The molecule has 0 aliphatic rings. The minimum Gasteiger partial charge on any atom is -0.459 e. The molecular weight excluding hydrogens is 182 g/mol. The Hall–Kier alpha value is -2.04. The van der Waals surface area contributed by atoms with Gasteiger partial charge >= 0.3 is 0 Å². The Morgan fingerprint density at radius 2 is 2.43 bits per heavy atom. The van der Waals surface area contributed by atoms with Gasteiger partial charge in [0, 0.05) is 13.1 Å². The molecular formula is C9H9N3O2. The number of aromatic nitrogens is 2. The summed E-state index contributed by atoms with van der Waals surface area (Å²) in [5.74, 6) is 0.635. The number of nitrogens with one attached hydrogen (secondary N) is 1. The van der Waals surface area contributed by atoms with E-state index in [-0.39, 0.29) is 11.7 Å². The Balaban J connectivity index is 2.13. The average Bonchev–Trinajstić information content (AvgIpc) is 2.77. The van der Waals surface area contributed by atoms with Gasteiger partial charge in [0.25, 0.3) is 5.91 Å². The van der Waals surface area contributed by atoms with Crippen molar-refractivity contribution in [3.05, 3.63) is 36.4 Å². The maximum Gasteiger partial charge on any atom is 0.292 e. The second-order valence-electron chi connectivity index (χ2n) is 2.77. The van der Waals surface area contributed by atoms with Crippen LogP contribution in [0.2, 0.25) is 0 Å². The van der Waals surface area contributed by atoms with Gasteiger partial charge in [-0.1, -0.05) is 0 Å². The average molecular weight is 191 g/mol. The number of hydrogen-bond acceptors (Lipinski definition) is 3. The standard InChI is InChI=1S/C9H9N3O2/c1-12-8(4-5-10-12)11-9(13)7-3-2-6-14-7/h2-6H,1H3,(H,11,13). The Labute approximate surface area is 80.3 Å². The molecule has 2 rings (SSSR count). The molecule has 0 unspecified atom stereocenters. The molecule has 2 aromatic rings. The zero-order valence-corrected chi connectivity index (χ0v) is 7.60. The normalized spacial score (nSPS) is 10.1. The monoisotopic (exact) mass is 191 g/mol. The van der Waals surface area contributed by atoms with E-state index < -0.39 is 0 Å². The van der Waals surface area contributed by atoms with Crippen molar-refractivity contribution in [2.75, 3.05) is 5.32 Å². The second-order valence-corrected chi connectivity index (χ2v) is 2.77. The molecule has 0 fully saturated rings. The first-order valence-electron chi connectivity index (χ1n) is 4.10. The van der Waals surface area contributed by atoms with E-state index in [9.17, 15) is 4.79 Å². The first-order chi connectivity index (χ1) is 6.77. The molecule has 1 amide bonds. The molecule has 0 atom stereocenters. The molecule has 0 radical (unpaired) electrons. The summed E-state index contributed by atoms with van der Waals surface area (Å²) in [7, 11) is 1.75. The second kappa shape index (κ2) is 3.37. The Morgan fingerprint density at radius 1 is 1.57 bits per heavy atom. The maximum atomic E-state index is 11.5. The zero-order chi connectivity index (χ0) is 9.97. The van der Waals surface area contributed by atoms with Crippen LogP contribution in [0.3, 0.4) is 0 Å². The SMILES string of the molecule is Cn1nccc1NC(=O)c1ccco1. The largest absolute Gasteiger partial charge is 0.459 e. The summed E-state index contributed by atoms with van der Waals surface area (Å²) in [6.07, 6.45) is 3.07. The summed E-state index contributed by atoms with van der Waals surface area (Å²) in [5.41, 5.74) is 0. The van der Waals surface area contributed by atoms with E-state index in [1.807, 2.05) is 0 Å².